The molecule has 0 heterocycles. The van der Waals surface area contributed by atoms with Gasteiger partial charge in [0.2, 0.25) is 0 Å². The summed E-state index contributed by atoms with van der Waals surface area (Å²) < 4.78 is 0. The van der Waals surface area contributed by atoms with Crippen LogP contribution in [-0.2, 0) is 17.6 Å². The lowest BCUT2D eigenvalue weighted by Gasteiger charge is -2.03. The molecule has 0 saturated heterocycles. The number of carboxylic acids is 1. The number of carboxylic acid groups (broad SMARTS) is 1. The Hall–Kier alpha value is -2.75. The third-order valence-electron chi connectivity index (χ3n) is 3.12. The standard InChI is InChI=1S/C17H14O4/c18-11-14-3-1-12(2-4-14)9-16(19)10-13-5-7-15(8-6-13)17(20)21/h1-8,11H,9-10H2,(H,20,21). The molecule has 2 aromatic rings. The van der Waals surface area contributed by atoms with Crippen LogP contribution in [-0.4, -0.2) is 23.1 Å². The largest absolute Gasteiger partial charge is 0.478 e. The summed E-state index contributed by atoms with van der Waals surface area (Å²) in [6.45, 7) is 0. The van der Waals surface area contributed by atoms with Crippen LogP contribution in [0.2, 0.25) is 0 Å². The molecule has 0 amide bonds. The van der Waals surface area contributed by atoms with Gasteiger partial charge >= 0.3 is 5.97 Å². The quantitative estimate of drug-likeness (QED) is 0.826. The molecular formula is C17H14O4. The molecular weight excluding hydrogens is 268 g/mol. The highest BCUT2D eigenvalue weighted by Gasteiger charge is 2.07. The first-order valence-corrected chi connectivity index (χ1v) is 6.46. The fourth-order valence-corrected chi connectivity index (χ4v) is 2.00. The van der Waals surface area contributed by atoms with E-state index in [1.54, 1.807) is 36.4 Å². The molecule has 0 bridgehead atoms. The number of carbonyl (C=O) groups excluding carboxylic acids is 2. The van der Waals surface area contributed by atoms with E-state index in [4.69, 9.17) is 5.11 Å². The topological polar surface area (TPSA) is 71.4 Å². The van der Waals surface area contributed by atoms with Crippen LogP contribution in [0.25, 0.3) is 0 Å². The van der Waals surface area contributed by atoms with Crippen LogP contribution in [0.5, 0.6) is 0 Å². The number of hydrogen-bond donors (Lipinski definition) is 1. The zero-order valence-electron chi connectivity index (χ0n) is 11.3. The molecule has 106 valence electrons. The Balaban J connectivity index is 1.97. The van der Waals surface area contributed by atoms with Crippen LogP contribution in [0.15, 0.2) is 48.5 Å². The number of rotatable bonds is 6. The molecule has 2 rings (SSSR count). The Morgan fingerprint density at radius 1 is 0.857 bits per heavy atom. The molecule has 0 saturated carbocycles. The average molecular weight is 282 g/mol. The summed E-state index contributed by atoms with van der Waals surface area (Å²) in [6.07, 6.45) is 1.31. The van der Waals surface area contributed by atoms with Crippen molar-refractivity contribution >= 4 is 18.0 Å². The lowest BCUT2D eigenvalue weighted by atomic mass is 10.0. The van der Waals surface area contributed by atoms with Crippen molar-refractivity contribution in [2.24, 2.45) is 0 Å². The first-order valence-electron chi connectivity index (χ1n) is 6.46. The van der Waals surface area contributed by atoms with Gasteiger partial charge in [0.1, 0.15) is 12.1 Å². The molecule has 0 spiro atoms. The number of hydrogen-bond acceptors (Lipinski definition) is 3. The van der Waals surface area contributed by atoms with E-state index in [9.17, 15) is 14.4 Å². The summed E-state index contributed by atoms with van der Waals surface area (Å²) in [5, 5.41) is 8.80. The summed E-state index contributed by atoms with van der Waals surface area (Å²) in [5.41, 5.74) is 2.42. The number of benzene rings is 2. The van der Waals surface area contributed by atoms with Gasteiger partial charge in [-0.15, -0.1) is 0 Å². The Morgan fingerprint density at radius 2 is 1.33 bits per heavy atom. The zero-order chi connectivity index (χ0) is 15.2. The molecule has 0 fully saturated rings. The van der Waals surface area contributed by atoms with Crippen molar-refractivity contribution in [3.05, 3.63) is 70.8 Å². The predicted octanol–water partition coefficient (Wildman–Crippen LogP) is 2.55. The van der Waals surface area contributed by atoms with Gasteiger partial charge in [-0.3, -0.25) is 9.59 Å². The van der Waals surface area contributed by atoms with Crippen LogP contribution in [0.3, 0.4) is 0 Å². The molecule has 0 unspecified atom stereocenters. The monoisotopic (exact) mass is 282 g/mol. The Labute approximate surface area is 122 Å². The fourth-order valence-electron chi connectivity index (χ4n) is 2.00. The van der Waals surface area contributed by atoms with E-state index in [2.05, 4.69) is 0 Å². The van der Waals surface area contributed by atoms with E-state index >= 15 is 0 Å². The molecule has 0 atom stereocenters. The van der Waals surface area contributed by atoms with Crippen LogP contribution in [0.4, 0.5) is 0 Å². The second-order valence-corrected chi connectivity index (χ2v) is 4.75. The van der Waals surface area contributed by atoms with Crippen LogP contribution in [0, 0.1) is 0 Å². The molecule has 0 radical (unpaired) electrons. The number of Topliss-reactive ketones (excluding diaryl/α,β-unsaturated/α-hetero) is 1. The van der Waals surface area contributed by atoms with E-state index in [1.165, 1.54) is 12.1 Å². The second-order valence-electron chi connectivity index (χ2n) is 4.75. The molecule has 0 aliphatic heterocycles. The normalized spacial score (nSPS) is 10.1. The molecule has 4 heteroatoms. The van der Waals surface area contributed by atoms with E-state index in [0.717, 1.165) is 17.4 Å². The van der Waals surface area contributed by atoms with Gasteiger partial charge in [0.15, 0.2) is 0 Å². The average Bonchev–Trinajstić information content (AvgIpc) is 2.48. The van der Waals surface area contributed by atoms with Crippen LogP contribution in [0.1, 0.15) is 31.8 Å². The molecule has 21 heavy (non-hydrogen) atoms. The first-order chi connectivity index (χ1) is 10.1. The zero-order valence-corrected chi connectivity index (χ0v) is 11.3. The van der Waals surface area contributed by atoms with Gasteiger partial charge in [-0.2, -0.15) is 0 Å². The van der Waals surface area contributed by atoms with Crippen molar-refractivity contribution in [1.29, 1.82) is 0 Å². The highest BCUT2D eigenvalue weighted by Crippen LogP contribution is 2.09. The molecule has 2 aromatic carbocycles. The molecule has 0 aromatic heterocycles. The van der Waals surface area contributed by atoms with E-state index in [-0.39, 0.29) is 17.8 Å². The van der Waals surface area contributed by atoms with Gasteiger partial charge in [0.25, 0.3) is 0 Å². The third-order valence-corrected chi connectivity index (χ3v) is 3.12. The number of ketones is 1. The fraction of sp³-hybridized carbons (Fsp3) is 0.118. The highest BCUT2D eigenvalue weighted by molar-refractivity contribution is 5.88. The van der Waals surface area contributed by atoms with E-state index in [0.29, 0.717) is 12.0 Å². The van der Waals surface area contributed by atoms with Crippen molar-refractivity contribution in [2.75, 3.05) is 0 Å². The number of aromatic carboxylic acids is 1. The van der Waals surface area contributed by atoms with Crippen LogP contribution >= 0.6 is 0 Å². The predicted molar refractivity (Wildman–Crippen MR) is 77.6 cm³/mol. The van der Waals surface area contributed by atoms with Crippen molar-refractivity contribution in [3.8, 4) is 0 Å². The van der Waals surface area contributed by atoms with Crippen molar-refractivity contribution in [1.82, 2.24) is 0 Å². The maximum absolute atomic E-state index is 12.0. The van der Waals surface area contributed by atoms with Gasteiger partial charge in [0.05, 0.1) is 5.56 Å². The minimum absolute atomic E-state index is 0.0388. The summed E-state index contributed by atoms with van der Waals surface area (Å²) in [7, 11) is 0. The minimum Gasteiger partial charge on any atom is -0.478 e. The maximum atomic E-state index is 12.0. The number of carbonyl (C=O) groups is 3. The van der Waals surface area contributed by atoms with Crippen molar-refractivity contribution < 1.29 is 19.5 Å². The maximum Gasteiger partial charge on any atom is 0.335 e. The Bertz CT molecular complexity index is 654. The minimum atomic E-state index is -0.983. The second kappa shape index (κ2) is 6.61. The molecule has 0 aliphatic rings. The van der Waals surface area contributed by atoms with Crippen molar-refractivity contribution in [3.63, 3.8) is 0 Å². The van der Waals surface area contributed by atoms with Crippen LogP contribution < -0.4 is 0 Å². The van der Waals surface area contributed by atoms with Gasteiger partial charge in [-0.05, 0) is 23.3 Å². The van der Waals surface area contributed by atoms with Crippen molar-refractivity contribution in [2.45, 2.75) is 12.8 Å². The first kappa shape index (κ1) is 14.7. The summed E-state index contributed by atoms with van der Waals surface area (Å²) in [4.78, 5) is 33.3. The third kappa shape index (κ3) is 4.11. The smallest absolute Gasteiger partial charge is 0.335 e. The van der Waals surface area contributed by atoms with Gasteiger partial charge in [0, 0.05) is 18.4 Å². The van der Waals surface area contributed by atoms with E-state index < -0.39 is 5.97 Å². The lowest BCUT2D eigenvalue weighted by molar-refractivity contribution is -0.117. The molecule has 1 N–H and O–H groups in total. The SMILES string of the molecule is O=Cc1ccc(CC(=O)Cc2ccc(C(=O)O)cc2)cc1. The summed E-state index contributed by atoms with van der Waals surface area (Å²) in [6, 6.07) is 13.2. The van der Waals surface area contributed by atoms with Gasteiger partial charge < -0.3 is 5.11 Å². The lowest BCUT2D eigenvalue weighted by Crippen LogP contribution is -2.07. The number of aldehydes is 1. The Kier molecular flexibility index (Phi) is 4.61. The molecule has 4 nitrogen and oxygen atoms in total. The van der Waals surface area contributed by atoms with Gasteiger partial charge in [-0.1, -0.05) is 36.4 Å². The highest BCUT2D eigenvalue weighted by atomic mass is 16.4. The van der Waals surface area contributed by atoms with E-state index in [1.807, 2.05) is 0 Å². The summed E-state index contributed by atoms with van der Waals surface area (Å²) in [5.74, 6) is -0.944. The van der Waals surface area contributed by atoms with Gasteiger partial charge in [-0.25, -0.2) is 4.79 Å². The molecule has 0 aliphatic carbocycles. The summed E-state index contributed by atoms with van der Waals surface area (Å²) >= 11 is 0. The Morgan fingerprint density at radius 3 is 1.76 bits per heavy atom.